The van der Waals surface area contributed by atoms with Gasteiger partial charge in [0.05, 0.1) is 11.6 Å². The summed E-state index contributed by atoms with van der Waals surface area (Å²) in [5.41, 5.74) is 4.76. The summed E-state index contributed by atoms with van der Waals surface area (Å²) in [4.78, 5) is 4.38. The van der Waals surface area contributed by atoms with Crippen molar-refractivity contribution in [3.8, 4) is 0 Å². The van der Waals surface area contributed by atoms with Crippen molar-refractivity contribution < 1.29 is 0 Å². The van der Waals surface area contributed by atoms with Crippen molar-refractivity contribution in [2.75, 3.05) is 7.05 Å². The van der Waals surface area contributed by atoms with Gasteiger partial charge in [-0.15, -0.1) is 0 Å². The minimum absolute atomic E-state index is 0.156. The summed E-state index contributed by atoms with van der Waals surface area (Å²) in [6, 6.07) is 17.0. The average molecular weight is 341 g/mol. The molecule has 0 radical (unpaired) electrons. The molecule has 2 aromatic carbocycles. The Labute approximate surface area is 133 Å². The van der Waals surface area contributed by atoms with E-state index in [0.717, 1.165) is 9.99 Å². The molecule has 0 aliphatic carbocycles. The lowest BCUT2D eigenvalue weighted by molar-refractivity contribution is 0.689. The largest absolute Gasteiger partial charge is 0.309 e. The molecule has 0 spiro atoms. The average Bonchev–Trinajstić information content (AvgIpc) is 2.52. The number of aryl methyl sites for hydroxylation is 1. The van der Waals surface area contributed by atoms with Crippen molar-refractivity contribution in [2.24, 2.45) is 0 Å². The number of aromatic nitrogens is 1. The topological polar surface area (TPSA) is 24.9 Å². The first kappa shape index (κ1) is 14.2. The van der Waals surface area contributed by atoms with Crippen LogP contribution in [0.2, 0.25) is 0 Å². The van der Waals surface area contributed by atoms with E-state index in [1.165, 1.54) is 22.1 Å². The molecule has 0 aliphatic heterocycles. The molecule has 1 aromatic heterocycles. The predicted octanol–water partition coefficient (Wildman–Crippen LogP) is 4.61. The van der Waals surface area contributed by atoms with Gasteiger partial charge >= 0.3 is 0 Å². The molecule has 1 N–H and O–H groups in total. The fourth-order valence-electron chi connectivity index (χ4n) is 2.67. The highest BCUT2D eigenvalue weighted by Gasteiger charge is 2.16. The van der Waals surface area contributed by atoms with Crippen LogP contribution in [0.1, 0.15) is 22.7 Å². The van der Waals surface area contributed by atoms with E-state index in [1.807, 2.05) is 19.3 Å². The first-order valence-corrected chi connectivity index (χ1v) is 7.77. The van der Waals surface area contributed by atoms with Crippen molar-refractivity contribution in [3.63, 3.8) is 0 Å². The highest BCUT2D eigenvalue weighted by molar-refractivity contribution is 9.10. The van der Waals surface area contributed by atoms with Crippen LogP contribution in [-0.2, 0) is 0 Å². The first-order chi connectivity index (χ1) is 10.2. The second kappa shape index (κ2) is 5.96. The molecule has 0 saturated carbocycles. The lowest BCUT2D eigenvalue weighted by atomic mass is 9.96. The second-order valence-corrected chi connectivity index (χ2v) is 5.95. The Balaban J connectivity index is 2.11. The Kier molecular flexibility index (Phi) is 4.04. The van der Waals surface area contributed by atoms with E-state index in [4.69, 9.17) is 0 Å². The summed E-state index contributed by atoms with van der Waals surface area (Å²) in [5.74, 6) is 0. The van der Waals surface area contributed by atoms with E-state index in [0.29, 0.717) is 0 Å². The summed E-state index contributed by atoms with van der Waals surface area (Å²) >= 11 is 3.72. The molecule has 0 amide bonds. The Hall–Kier alpha value is -1.71. The number of hydrogen-bond donors (Lipinski definition) is 1. The number of halogens is 1. The lowest BCUT2D eigenvalue weighted by Gasteiger charge is -2.20. The van der Waals surface area contributed by atoms with Gasteiger partial charge in [-0.05, 0) is 48.9 Å². The molecule has 1 atom stereocenters. The van der Waals surface area contributed by atoms with Gasteiger partial charge in [0.1, 0.15) is 0 Å². The van der Waals surface area contributed by atoms with Crippen LogP contribution in [-0.4, -0.2) is 12.0 Å². The summed E-state index contributed by atoms with van der Waals surface area (Å²) in [7, 11) is 1.99. The van der Waals surface area contributed by atoms with Crippen LogP contribution in [0.25, 0.3) is 10.9 Å². The quantitative estimate of drug-likeness (QED) is 0.752. The van der Waals surface area contributed by atoms with Gasteiger partial charge < -0.3 is 5.32 Å². The lowest BCUT2D eigenvalue weighted by Crippen LogP contribution is -2.18. The Bertz CT molecular complexity index is 783. The van der Waals surface area contributed by atoms with Crippen LogP contribution in [0.4, 0.5) is 0 Å². The van der Waals surface area contributed by atoms with E-state index in [2.05, 4.69) is 75.6 Å². The Morgan fingerprint density at radius 1 is 1.10 bits per heavy atom. The Morgan fingerprint density at radius 3 is 2.76 bits per heavy atom. The second-order valence-electron chi connectivity index (χ2n) is 5.16. The maximum Gasteiger partial charge on any atom is 0.0702 e. The third-order valence-corrected chi connectivity index (χ3v) is 4.86. The number of fused-ring (bicyclic) bond motifs is 1. The standard InChI is InChI=1S/C18H17BrN2/c1-12-5-3-7-15(17(12)19)18(20-2)14-8-9-16-13(11-14)6-4-10-21-16/h3-11,18,20H,1-2H3. The smallest absolute Gasteiger partial charge is 0.0702 e. The normalized spacial score (nSPS) is 12.5. The van der Waals surface area contributed by atoms with Gasteiger partial charge in [0.25, 0.3) is 0 Å². The maximum absolute atomic E-state index is 4.38. The number of pyridine rings is 1. The Morgan fingerprint density at radius 2 is 1.95 bits per heavy atom. The van der Waals surface area contributed by atoms with E-state index < -0.39 is 0 Å². The molecule has 0 aliphatic rings. The van der Waals surface area contributed by atoms with E-state index in [1.54, 1.807) is 0 Å². The van der Waals surface area contributed by atoms with Gasteiger partial charge in [0.2, 0.25) is 0 Å². The van der Waals surface area contributed by atoms with Crippen LogP contribution in [0, 0.1) is 6.92 Å². The molecular weight excluding hydrogens is 324 g/mol. The van der Waals surface area contributed by atoms with Gasteiger partial charge in [0.15, 0.2) is 0 Å². The van der Waals surface area contributed by atoms with Gasteiger partial charge in [0, 0.05) is 16.1 Å². The fourth-order valence-corrected chi connectivity index (χ4v) is 3.16. The summed E-state index contributed by atoms with van der Waals surface area (Å²) in [5, 5.41) is 4.58. The van der Waals surface area contributed by atoms with E-state index >= 15 is 0 Å². The number of nitrogens with one attached hydrogen (secondary N) is 1. The zero-order valence-corrected chi connectivity index (χ0v) is 13.7. The van der Waals surface area contributed by atoms with Gasteiger partial charge in [-0.25, -0.2) is 0 Å². The molecule has 0 fully saturated rings. The first-order valence-electron chi connectivity index (χ1n) is 6.97. The summed E-state index contributed by atoms with van der Waals surface area (Å²) in [6.07, 6.45) is 1.83. The highest BCUT2D eigenvalue weighted by atomic mass is 79.9. The molecule has 3 heteroatoms. The number of hydrogen-bond acceptors (Lipinski definition) is 2. The van der Waals surface area contributed by atoms with Crippen LogP contribution in [0.15, 0.2) is 59.2 Å². The molecule has 3 aromatic rings. The zero-order valence-electron chi connectivity index (χ0n) is 12.1. The van der Waals surface area contributed by atoms with Crippen molar-refractivity contribution in [2.45, 2.75) is 13.0 Å². The molecule has 3 rings (SSSR count). The van der Waals surface area contributed by atoms with Crippen LogP contribution in [0.5, 0.6) is 0 Å². The number of benzene rings is 2. The third kappa shape index (κ3) is 2.71. The summed E-state index contributed by atoms with van der Waals surface area (Å²) in [6.45, 7) is 2.12. The van der Waals surface area contributed by atoms with E-state index in [9.17, 15) is 0 Å². The molecule has 2 nitrogen and oxygen atoms in total. The summed E-state index contributed by atoms with van der Waals surface area (Å²) < 4.78 is 1.16. The number of nitrogens with zero attached hydrogens (tertiary/aromatic N) is 1. The van der Waals surface area contributed by atoms with Crippen molar-refractivity contribution >= 4 is 26.8 Å². The van der Waals surface area contributed by atoms with Crippen LogP contribution < -0.4 is 5.32 Å². The van der Waals surface area contributed by atoms with Crippen LogP contribution in [0.3, 0.4) is 0 Å². The molecule has 1 heterocycles. The molecule has 0 saturated heterocycles. The SMILES string of the molecule is CNC(c1ccc2ncccc2c1)c1cccc(C)c1Br. The molecule has 21 heavy (non-hydrogen) atoms. The van der Waals surface area contributed by atoms with Crippen molar-refractivity contribution in [1.82, 2.24) is 10.3 Å². The molecular formula is C18H17BrN2. The van der Waals surface area contributed by atoms with Crippen molar-refractivity contribution in [1.29, 1.82) is 0 Å². The van der Waals surface area contributed by atoms with Gasteiger partial charge in [-0.1, -0.05) is 46.3 Å². The minimum atomic E-state index is 0.156. The molecule has 0 bridgehead atoms. The van der Waals surface area contributed by atoms with Gasteiger partial charge in [-0.2, -0.15) is 0 Å². The van der Waals surface area contributed by atoms with E-state index in [-0.39, 0.29) is 6.04 Å². The van der Waals surface area contributed by atoms with Gasteiger partial charge in [-0.3, -0.25) is 4.98 Å². The van der Waals surface area contributed by atoms with Crippen molar-refractivity contribution in [3.05, 3.63) is 75.9 Å². The third-order valence-electron chi connectivity index (χ3n) is 3.78. The fraction of sp³-hybridized carbons (Fsp3) is 0.167. The number of rotatable bonds is 3. The maximum atomic E-state index is 4.38. The highest BCUT2D eigenvalue weighted by Crippen LogP contribution is 2.31. The predicted molar refractivity (Wildman–Crippen MR) is 91.5 cm³/mol. The molecule has 1 unspecified atom stereocenters. The molecule has 106 valence electrons. The zero-order chi connectivity index (χ0) is 14.8. The van der Waals surface area contributed by atoms with Crippen LogP contribution >= 0.6 is 15.9 Å². The minimum Gasteiger partial charge on any atom is -0.309 e. The monoisotopic (exact) mass is 340 g/mol.